The molecule has 0 aliphatic heterocycles. The van der Waals surface area contributed by atoms with Crippen LogP contribution in [0.25, 0.3) is 11.4 Å². The molecule has 4 nitrogen and oxygen atoms in total. The Balaban J connectivity index is 1.69. The molecule has 2 rings (SSSR count). The minimum atomic E-state index is -0.220. The van der Waals surface area contributed by atoms with Crippen LogP contribution < -0.4 is 4.74 Å². The van der Waals surface area contributed by atoms with Gasteiger partial charge in [-0.2, -0.15) is 0 Å². The van der Waals surface area contributed by atoms with Gasteiger partial charge in [0.15, 0.2) is 11.6 Å². The topological polar surface area (TPSA) is 52.1 Å². The summed E-state index contributed by atoms with van der Waals surface area (Å²) in [6, 6.07) is 8.50. The first-order valence-electron chi connectivity index (χ1n) is 12.7. The lowest BCUT2D eigenvalue weighted by molar-refractivity contribution is -0.134. The lowest BCUT2D eigenvalue weighted by atomic mass is 10.0. The maximum atomic E-state index is 11.9. The van der Waals surface area contributed by atoms with Gasteiger partial charge in [-0.05, 0) is 30.7 Å². The predicted octanol–water partition coefficient (Wildman–Crippen LogP) is 7.95. The monoisotopic (exact) mass is 438 g/mol. The SMILES string of the molecule is CCCCCCCCCCCc1ccc(-c2ncc(OC(=O)CCC(C)CC)cn2)cc1. The molecule has 32 heavy (non-hydrogen) atoms. The molecule has 0 N–H and O–H groups in total. The Morgan fingerprint density at radius 3 is 2.06 bits per heavy atom. The molecule has 0 aliphatic carbocycles. The molecule has 0 saturated heterocycles. The van der Waals surface area contributed by atoms with Crippen molar-refractivity contribution in [1.82, 2.24) is 9.97 Å². The Bertz CT molecular complexity index is 756. The minimum Gasteiger partial charge on any atom is -0.423 e. The van der Waals surface area contributed by atoms with Gasteiger partial charge in [-0.1, -0.05) is 103 Å². The number of unbranched alkanes of at least 4 members (excludes halogenated alkanes) is 8. The summed E-state index contributed by atoms with van der Waals surface area (Å²) in [5.74, 6) is 1.37. The maximum absolute atomic E-state index is 11.9. The molecule has 4 heteroatoms. The molecule has 1 aromatic heterocycles. The van der Waals surface area contributed by atoms with E-state index < -0.39 is 0 Å². The highest BCUT2D eigenvalue weighted by Crippen LogP contribution is 2.19. The number of ether oxygens (including phenoxy) is 1. The summed E-state index contributed by atoms with van der Waals surface area (Å²) in [5.41, 5.74) is 2.35. The van der Waals surface area contributed by atoms with E-state index in [1.165, 1.54) is 63.4 Å². The van der Waals surface area contributed by atoms with Gasteiger partial charge in [-0.25, -0.2) is 9.97 Å². The summed E-state index contributed by atoms with van der Waals surface area (Å²) in [5, 5.41) is 0. The Labute approximate surface area is 195 Å². The van der Waals surface area contributed by atoms with Gasteiger partial charge >= 0.3 is 5.97 Å². The van der Waals surface area contributed by atoms with Crippen molar-refractivity contribution in [2.24, 2.45) is 5.92 Å². The molecule has 1 aromatic carbocycles. The highest BCUT2D eigenvalue weighted by Gasteiger charge is 2.09. The van der Waals surface area contributed by atoms with E-state index in [1.54, 1.807) is 12.4 Å². The van der Waals surface area contributed by atoms with Crippen LogP contribution in [0.5, 0.6) is 5.75 Å². The lowest BCUT2D eigenvalue weighted by Crippen LogP contribution is -2.10. The van der Waals surface area contributed by atoms with Crippen molar-refractivity contribution in [3.05, 3.63) is 42.2 Å². The number of carbonyl (C=O) groups excluding carboxylic acids is 1. The van der Waals surface area contributed by atoms with Crippen LogP contribution in [-0.2, 0) is 11.2 Å². The van der Waals surface area contributed by atoms with Crippen molar-refractivity contribution in [3.63, 3.8) is 0 Å². The zero-order valence-corrected chi connectivity index (χ0v) is 20.4. The van der Waals surface area contributed by atoms with Crippen LogP contribution in [0.15, 0.2) is 36.7 Å². The van der Waals surface area contributed by atoms with E-state index in [0.29, 0.717) is 23.9 Å². The zero-order valence-electron chi connectivity index (χ0n) is 20.4. The second-order valence-corrected chi connectivity index (χ2v) is 9.04. The number of nitrogens with zero attached hydrogens (tertiary/aromatic N) is 2. The molecule has 0 radical (unpaired) electrons. The van der Waals surface area contributed by atoms with E-state index in [2.05, 4.69) is 55.0 Å². The number of esters is 1. The first kappa shape index (κ1) is 26.0. The summed E-state index contributed by atoms with van der Waals surface area (Å²) < 4.78 is 5.35. The van der Waals surface area contributed by atoms with Gasteiger partial charge in [0.2, 0.25) is 0 Å². The number of benzene rings is 1. The Morgan fingerprint density at radius 2 is 1.47 bits per heavy atom. The smallest absolute Gasteiger partial charge is 0.311 e. The van der Waals surface area contributed by atoms with Crippen LogP contribution in [-0.4, -0.2) is 15.9 Å². The number of hydrogen-bond donors (Lipinski definition) is 0. The standard InChI is InChI=1S/C28H42N2O2/c1-4-6-7-8-9-10-11-12-13-14-24-16-18-25(19-17-24)28-29-21-26(22-30-28)32-27(31)20-15-23(3)5-2/h16-19,21-23H,4-15,20H2,1-3H3. The highest BCUT2D eigenvalue weighted by atomic mass is 16.5. The Kier molecular flexibility index (Phi) is 12.6. The van der Waals surface area contributed by atoms with Gasteiger partial charge in [0, 0.05) is 12.0 Å². The second-order valence-electron chi connectivity index (χ2n) is 9.04. The average molecular weight is 439 g/mol. The molecule has 0 saturated carbocycles. The van der Waals surface area contributed by atoms with Gasteiger partial charge in [0.1, 0.15) is 0 Å². The molecule has 1 heterocycles. The van der Waals surface area contributed by atoms with Crippen LogP contribution >= 0.6 is 0 Å². The predicted molar refractivity (Wildman–Crippen MR) is 133 cm³/mol. The van der Waals surface area contributed by atoms with Crippen molar-refractivity contribution in [2.75, 3.05) is 0 Å². The van der Waals surface area contributed by atoms with Gasteiger partial charge in [-0.3, -0.25) is 4.79 Å². The third kappa shape index (κ3) is 10.4. The third-order valence-electron chi connectivity index (χ3n) is 6.18. The average Bonchev–Trinajstić information content (AvgIpc) is 2.82. The molecule has 0 spiro atoms. The summed E-state index contributed by atoms with van der Waals surface area (Å²) in [6.07, 6.45) is 18.8. The van der Waals surface area contributed by atoms with Gasteiger partial charge in [-0.15, -0.1) is 0 Å². The summed E-state index contributed by atoms with van der Waals surface area (Å²) in [4.78, 5) is 20.7. The zero-order chi connectivity index (χ0) is 23.0. The lowest BCUT2D eigenvalue weighted by Gasteiger charge is -2.08. The van der Waals surface area contributed by atoms with Crippen LogP contribution in [0.4, 0.5) is 0 Å². The van der Waals surface area contributed by atoms with Gasteiger partial charge in [0.25, 0.3) is 0 Å². The number of aromatic nitrogens is 2. The normalized spacial score (nSPS) is 12.0. The number of aryl methyl sites for hydroxylation is 1. The van der Waals surface area contributed by atoms with Crippen molar-refractivity contribution in [1.29, 1.82) is 0 Å². The van der Waals surface area contributed by atoms with E-state index in [4.69, 9.17) is 4.74 Å². The minimum absolute atomic E-state index is 0.220. The molecular weight excluding hydrogens is 396 g/mol. The van der Waals surface area contributed by atoms with Gasteiger partial charge in [0.05, 0.1) is 12.4 Å². The number of hydrogen-bond acceptors (Lipinski definition) is 4. The second kappa shape index (κ2) is 15.6. The Morgan fingerprint density at radius 1 is 0.875 bits per heavy atom. The van der Waals surface area contributed by atoms with E-state index >= 15 is 0 Å². The maximum Gasteiger partial charge on any atom is 0.311 e. The van der Waals surface area contributed by atoms with E-state index in [0.717, 1.165) is 24.8 Å². The van der Waals surface area contributed by atoms with Crippen LogP contribution in [0.3, 0.4) is 0 Å². The van der Waals surface area contributed by atoms with Crippen molar-refractivity contribution in [3.8, 4) is 17.1 Å². The molecule has 1 atom stereocenters. The summed E-state index contributed by atoms with van der Waals surface area (Å²) in [6.45, 7) is 6.55. The van der Waals surface area contributed by atoms with Gasteiger partial charge < -0.3 is 4.74 Å². The highest BCUT2D eigenvalue weighted by molar-refractivity contribution is 5.72. The fraction of sp³-hybridized carbons (Fsp3) is 0.607. The number of carbonyl (C=O) groups is 1. The molecule has 1 unspecified atom stereocenters. The van der Waals surface area contributed by atoms with Crippen molar-refractivity contribution in [2.45, 2.75) is 104 Å². The van der Waals surface area contributed by atoms with Crippen molar-refractivity contribution >= 4 is 5.97 Å². The van der Waals surface area contributed by atoms with Crippen LogP contribution in [0, 0.1) is 5.92 Å². The van der Waals surface area contributed by atoms with E-state index in [-0.39, 0.29) is 5.97 Å². The first-order chi connectivity index (χ1) is 15.6. The summed E-state index contributed by atoms with van der Waals surface area (Å²) >= 11 is 0. The van der Waals surface area contributed by atoms with Crippen LogP contribution in [0.2, 0.25) is 0 Å². The molecule has 0 amide bonds. The fourth-order valence-corrected chi connectivity index (χ4v) is 3.73. The Hall–Kier alpha value is -2.23. The summed E-state index contributed by atoms with van der Waals surface area (Å²) in [7, 11) is 0. The molecule has 2 aromatic rings. The fourth-order valence-electron chi connectivity index (χ4n) is 3.73. The van der Waals surface area contributed by atoms with Crippen LogP contribution in [0.1, 0.15) is 103 Å². The molecule has 0 fully saturated rings. The molecule has 0 bridgehead atoms. The third-order valence-corrected chi connectivity index (χ3v) is 6.18. The molecule has 0 aliphatic rings. The largest absolute Gasteiger partial charge is 0.423 e. The van der Waals surface area contributed by atoms with Crippen molar-refractivity contribution < 1.29 is 9.53 Å². The van der Waals surface area contributed by atoms with E-state index in [1.807, 2.05) is 0 Å². The molecular formula is C28H42N2O2. The molecule has 176 valence electrons. The first-order valence-corrected chi connectivity index (χ1v) is 12.7. The van der Waals surface area contributed by atoms with E-state index in [9.17, 15) is 4.79 Å². The quantitative estimate of drug-likeness (QED) is 0.197. The number of rotatable bonds is 16.